The molecule has 1 fully saturated rings. The zero-order valence-corrected chi connectivity index (χ0v) is 16.9. The van der Waals surface area contributed by atoms with Crippen molar-refractivity contribution >= 4 is 38.0 Å². The van der Waals surface area contributed by atoms with Gasteiger partial charge in [-0.15, -0.1) is 0 Å². The van der Waals surface area contributed by atoms with E-state index in [1.807, 2.05) is 26.8 Å². The Morgan fingerprint density at radius 2 is 2.22 bits per heavy atom. The number of pyridine rings is 1. The first-order chi connectivity index (χ1) is 10.7. The third kappa shape index (κ3) is 6.04. The van der Waals surface area contributed by atoms with E-state index in [1.54, 1.807) is 11.1 Å². The molecule has 1 aromatic rings. The Bertz CT molecular complexity index is 561. The lowest BCUT2D eigenvalue weighted by Gasteiger charge is -2.34. The van der Waals surface area contributed by atoms with Crippen molar-refractivity contribution < 1.29 is 9.53 Å². The van der Waals surface area contributed by atoms with Crippen LogP contribution in [0.15, 0.2) is 21.2 Å². The van der Waals surface area contributed by atoms with Crippen molar-refractivity contribution in [3.8, 4) is 0 Å². The van der Waals surface area contributed by atoms with Crippen molar-refractivity contribution in [1.82, 2.24) is 15.2 Å². The number of ether oxygens (including phenoxy) is 1. The maximum Gasteiger partial charge on any atom is 0.410 e. The van der Waals surface area contributed by atoms with Crippen molar-refractivity contribution in [2.75, 3.05) is 13.1 Å². The van der Waals surface area contributed by atoms with Gasteiger partial charge in [0.25, 0.3) is 0 Å². The molecule has 23 heavy (non-hydrogen) atoms. The highest BCUT2D eigenvalue weighted by Crippen LogP contribution is 2.20. The van der Waals surface area contributed by atoms with Gasteiger partial charge in [-0.25, -0.2) is 4.79 Å². The highest BCUT2D eigenvalue weighted by molar-refractivity contribution is 9.11. The number of amides is 1. The summed E-state index contributed by atoms with van der Waals surface area (Å²) in [6.07, 6.45) is 3.58. The van der Waals surface area contributed by atoms with Gasteiger partial charge in [0.05, 0.1) is 5.69 Å². The largest absolute Gasteiger partial charge is 0.444 e. The van der Waals surface area contributed by atoms with Crippen LogP contribution in [-0.4, -0.2) is 40.7 Å². The Morgan fingerprint density at radius 3 is 2.87 bits per heavy atom. The number of likely N-dealkylation sites (tertiary alicyclic amines) is 1. The van der Waals surface area contributed by atoms with E-state index >= 15 is 0 Å². The van der Waals surface area contributed by atoms with E-state index in [1.165, 1.54) is 0 Å². The molecule has 0 aromatic carbocycles. The third-order valence-corrected chi connectivity index (χ3v) is 4.64. The van der Waals surface area contributed by atoms with Gasteiger partial charge in [-0.2, -0.15) is 0 Å². The number of aromatic nitrogens is 1. The zero-order valence-electron chi connectivity index (χ0n) is 13.7. The minimum absolute atomic E-state index is 0.230. The summed E-state index contributed by atoms with van der Waals surface area (Å²) in [5.74, 6) is 0. The van der Waals surface area contributed by atoms with Crippen LogP contribution >= 0.6 is 31.9 Å². The summed E-state index contributed by atoms with van der Waals surface area (Å²) < 4.78 is 7.37. The number of piperidine rings is 1. The first-order valence-corrected chi connectivity index (χ1v) is 9.34. The van der Waals surface area contributed by atoms with Gasteiger partial charge >= 0.3 is 6.09 Å². The fourth-order valence-electron chi connectivity index (χ4n) is 2.45. The molecule has 0 aliphatic carbocycles. The minimum atomic E-state index is -0.455. The van der Waals surface area contributed by atoms with Crippen LogP contribution in [0.3, 0.4) is 0 Å². The lowest BCUT2D eigenvalue weighted by Crippen LogP contribution is -2.49. The second kappa shape index (κ2) is 7.94. The van der Waals surface area contributed by atoms with Crippen LogP contribution in [0.1, 0.15) is 39.3 Å². The van der Waals surface area contributed by atoms with E-state index in [0.29, 0.717) is 13.1 Å². The molecule has 1 aliphatic heterocycles. The average molecular weight is 449 g/mol. The topological polar surface area (TPSA) is 54.5 Å². The van der Waals surface area contributed by atoms with E-state index in [0.717, 1.165) is 34.0 Å². The number of rotatable bonds is 3. The maximum absolute atomic E-state index is 12.2. The monoisotopic (exact) mass is 447 g/mol. The van der Waals surface area contributed by atoms with Gasteiger partial charge in [-0.1, -0.05) is 0 Å². The molecular weight excluding hydrogens is 426 g/mol. The molecule has 1 aliphatic rings. The van der Waals surface area contributed by atoms with Crippen molar-refractivity contribution in [3.05, 3.63) is 26.9 Å². The Balaban J connectivity index is 1.87. The number of halogens is 2. The Morgan fingerprint density at radius 1 is 1.48 bits per heavy atom. The molecular formula is C16H23Br2N3O2. The van der Waals surface area contributed by atoms with Gasteiger partial charge in [-0.05, 0) is 71.5 Å². The molecule has 7 heteroatoms. The van der Waals surface area contributed by atoms with Crippen molar-refractivity contribution in [1.29, 1.82) is 0 Å². The third-order valence-electron chi connectivity index (χ3n) is 3.52. The molecule has 0 saturated carbocycles. The predicted octanol–water partition coefficient (Wildman–Crippen LogP) is 4.10. The molecule has 0 radical (unpaired) electrons. The van der Waals surface area contributed by atoms with Crippen LogP contribution in [0.5, 0.6) is 0 Å². The Kier molecular flexibility index (Phi) is 6.45. The number of nitrogens with one attached hydrogen (secondary N) is 1. The molecule has 0 spiro atoms. The second-order valence-electron chi connectivity index (χ2n) is 6.73. The smallest absolute Gasteiger partial charge is 0.410 e. The molecule has 1 amide bonds. The highest BCUT2D eigenvalue weighted by atomic mass is 79.9. The summed E-state index contributed by atoms with van der Waals surface area (Å²) >= 11 is 6.92. The normalized spacial score (nSPS) is 18.8. The summed E-state index contributed by atoms with van der Waals surface area (Å²) in [5.41, 5.74) is 0.506. The lowest BCUT2D eigenvalue weighted by atomic mass is 10.1. The van der Waals surface area contributed by atoms with Crippen LogP contribution in [-0.2, 0) is 11.3 Å². The highest BCUT2D eigenvalue weighted by Gasteiger charge is 2.27. The Labute approximate surface area is 154 Å². The molecule has 2 rings (SSSR count). The molecule has 1 unspecified atom stereocenters. The quantitative estimate of drug-likeness (QED) is 0.756. The molecule has 0 bridgehead atoms. The number of hydrogen-bond acceptors (Lipinski definition) is 4. The van der Waals surface area contributed by atoms with Gasteiger partial charge in [-0.3, -0.25) is 4.98 Å². The van der Waals surface area contributed by atoms with Crippen molar-refractivity contribution in [2.24, 2.45) is 0 Å². The van der Waals surface area contributed by atoms with E-state index in [2.05, 4.69) is 42.2 Å². The number of hydrogen-bond donors (Lipinski definition) is 1. The number of nitrogens with zero attached hydrogens (tertiary/aromatic N) is 2. The molecule has 1 aromatic heterocycles. The summed E-state index contributed by atoms with van der Waals surface area (Å²) in [5, 5.41) is 3.49. The van der Waals surface area contributed by atoms with Crippen LogP contribution in [0, 0.1) is 0 Å². The lowest BCUT2D eigenvalue weighted by molar-refractivity contribution is 0.0187. The van der Waals surface area contributed by atoms with Crippen LogP contribution < -0.4 is 5.32 Å². The van der Waals surface area contributed by atoms with Crippen molar-refractivity contribution in [3.63, 3.8) is 0 Å². The summed E-state index contributed by atoms with van der Waals surface area (Å²) in [7, 11) is 0. The maximum atomic E-state index is 12.2. The van der Waals surface area contributed by atoms with Crippen molar-refractivity contribution in [2.45, 2.75) is 51.8 Å². The van der Waals surface area contributed by atoms with E-state index in [9.17, 15) is 4.79 Å². The standard InChI is InChI=1S/C16H23Br2N3O2/c1-16(2,3)23-15(22)21-6-4-5-12(10-21)19-9-14-13(18)7-11(17)8-20-14/h7-8,12,19H,4-6,9-10H2,1-3H3. The fraction of sp³-hybridized carbons (Fsp3) is 0.625. The van der Waals surface area contributed by atoms with E-state index < -0.39 is 5.60 Å². The van der Waals surface area contributed by atoms with Gasteiger partial charge in [0.1, 0.15) is 5.60 Å². The number of carbonyl (C=O) groups is 1. The first-order valence-electron chi connectivity index (χ1n) is 7.76. The van der Waals surface area contributed by atoms with Crippen LogP contribution in [0.4, 0.5) is 4.79 Å². The average Bonchev–Trinajstić information content (AvgIpc) is 2.45. The first kappa shape index (κ1) is 18.7. The van der Waals surface area contributed by atoms with Gasteiger partial charge in [0, 0.05) is 40.8 Å². The van der Waals surface area contributed by atoms with Gasteiger partial charge in [0.15, 0.2) is 0 Å². The summed E-state index contributed by atoms with van der Waals surface area (Å²) in [6.45, 7) is 7.76. The van der Waals surface area contributed by atoms with E-state index in [4.69, 9.17) is 4.74 Å². The fourth-order valence-corrected chi connectivity index (χ4v) is 3.58. The molecule has 1 atom stereocenters. The van der Waals surface area contributed by atoms with E-state index in [-0.39, 0.29) is 12.1 Å². The molecule has 1 saturated heterocycles. The molecule has 128 valence electrons. The second-order valence-corrected chi connectivity index (χ2v) is 8.50. The minimum Gasteiger partial charge on any atom is -0.444 e. The molecule has 2 heterocycles. The zero-order chi connectivity index (χ0) is 17.0. The SMILES string of the molecule is CC(C)(C)OC(=O)N1CCCC(NCc2ncc(Br)cc2Br)C1. The predicted molar refractivity (Wildman–Crippen MR) is 97.3 cm³/mol. The Hall–Kier alpha value is -0.660. The molecule has 5 nitrogen and oxygen atoms in total. The molecule has 1 N–H and O–H groups in total. The summed E-state index contributed by atoms with van der Waals surface area (Å²) in [6, 6.07) is 2.24. The number of carbonyl (C=O) groups excluding carboxylic acids is 1. The van der Waals surface area contributed by atoms with Crippen LogP contribution in [0.25, 0.3) is 0 Å². The summed E-state index contributed by atoms with van der Waals surface area (Å²) in [4.78, 5) is 18.4. The van der Waals surface area contributed by atoms with Crippen LogP contribution in [0.2, 0.25) is 0 Å². The van der Waals surface area contributed by atoms with Gasteiger partial charge < -0.3 is 15.0 Å². The van der Waals surface area contributed by atoms with Gasteiger partial charge in [0.2, 0.25) is 0 Å².